The molecule has 1 N–H and O–H groups in total. The van der Waals surface area contributed by atoms with Gasteiger partial charge < -0.3 is 15.1 Å². The zero-order valence-electron chi connectivity index (χ0n) is 16.9. The lowest BCUT2D eigenvalue weighted by Crippen LogP contribution is -2.46. The fourth-order valence-corrected chi connectivity index (χ4v) is 4.69. The van der Waals surface area contributed by atoms with Gasteiger partial charge in [0.05, 0.1) is 16.9 Å². The number of pyridine rings is 1. The number of nitrogens with zero attached hydrogens (tertiary/aromatic N) is 5. The number of hydrogen-bond donors (Lipinski definition) is 1. The number of aromatic nitrogens is 1. The van der Waals surface area contributed by atoms with Gasteiger partial charge in [-0.25, -0.2) is 13.8 Å². The van der Waals surface area contributed by atoms with Crippen LogP contribution >= 0.6 is 0 Å². The first-order valence-electron chi connectivity index (χ1n) is 10.5. The van der Waals surface area contributed by atoms with E-state index in [0.29, 0.717) is 32.7 Å². The summed E-state index contributed by atoms with van der Waals surface area (Å²) in [6.07, 6.45) is 3.71. The van der Waals surface area contributed by atoms with Gasteiger partial charge in [0.25, 0.3) is 0 Å². The minimum Gasteiger partial charge on any atom is -0.367 e. The Morgan fingerprint density at radius 3 is 2.74 bits per heavy atom. The van der Waals surface area contributed by atoms with E-state index in [1.54, 1.807) is 11.0 Å². The smallest absolute Gasteiger partial charge is 0.247 e. The van der Waals surface area contributed by atoms with E-state index >= 15 is 0 Å². The SMILES string of the molecule is N#Cc1ccc(N2CCN(Cc3cnc4c(c3)NC(=O)C3CCCN43)CC2)c(F)c1F. The molecule has 1 aromatic carbocycles. The minimum absolute atomic E-state index is 0.0363. The zero-order valence-corrected chi connectivity index (χ0v) is 16.9. The second-order valence-electron chi connectivity index (χ2n) is 8.19. The van der Waals surface area contributed by atoms with E-state index in [9.17, 15) is 13.6 Å². The highest BCUT2D eigenvalue weighted by atomic mass is 19.2. The largest absolute Gasteiger partial charge is 0.367 e. The molecule has 1 aromatic heterocycles. The molecule has 2 saturated heterocycles. The standard InChI is InChI=1S/C22H22F2N6O/c23-19-15(11-25)3-4-17(20(19)24)29-8-6-28(7-9-29)13-14-10-16-21(26-12-14)30-5-1-2-18(30)22(31)27-16/h3-4,10,12,18H,1-2,5-9,13H2,(H,27,31). The lowest BCUT2D eigenvalue weighted by Gasteiger charge is -2.36. The molecule has 1 amide bonds. The summed E-state index contributed by atoms with van der Waals surface area (Å²) in [5, 5.41) is 11.8. The molecule has 0 spiro atoms. The van der Waals surface area contributed by atoms with Crippen molar-refractivity contribution in [3.05, 3.63) is 47.2 Å². The van der Waals surface area contributed by atoms with Gasteiger partial charge in [0.1, 0.15) is 12.1 Å². The molecule has 31 heavy (non-hydrogen) atoms. The third-order valence-electron chi connectivity index (χ3n) is 6.31. The first-order valence-corrected chi connectivity index (χ1v) is 10.5. The van der Waals surface area contributed by atoms with E-state index in [4.69, 9.17) is 5.26 Å². The summed E-state index contributed by atoms with van der Waals surface area (Å²) in [7, 11) is 0. The Morgan fingerprint density at radius 1 is 1.16 bits per heavy atom. The van der Waals surface area contributed by atoms with E-state index < -0.39 is 11.6 Å². The van der Waals surface area contributed by atoms with Crippen LogP contribution in [0.5, 0.6) is 0 Å². The number of anilines is 3. The Kier molecular flexibility index (Phi) is 4.94. The summed E-state index contributed by atoms with van der Waals surface area (Å²) in [5.74, 6) is -1.18. The molecule has 2 fully saturated rings. The molecule has 4 heterocycles. The molecule has 3 aliphatic rings. The molecule has 0 bridgehead atoms. The quantitative estimate of drug-likeness (QED) is 0.816. The molecule has 1 unspecified atom stereocenters. The van der Waals surface area contributed by atoms with Gasteiger partial charge in [-0.15, -0.1) is 0 Å². The van der Waals surface area contributed by atoms with Crippen molar-refractivity contribution in [1.82, 2.24) is 9.88 Å². The van der Waals surface area contributed by atoms with Crippen molar-refractivity contribution >= 4 is 23.1 Å². The minimum atomic E-state index is -1.09. The Bertz CT molecular complexity index is 1080. The van der Waals surface area contributed by atoms with Gasteiger partial charge in [0, 0.05) is 45.5 Å². The third kappa shape index (κ3) is 3.47. The molecular weight excluding hydrogens is 402 g/mol. The summed E-state index contributed by atoms with van der Waals surface area (Å²) in [4.78, 5) is 23.1. The number of carbonyl (C=O) groups is 1. The van der Waals surface area contributed by atoms with Crippen LogP contribution in [0.2, 0.25) is 0 Å². The van der Waals surface area contributed by atoms with E-state index in [0.717, 1.165) is 36.5 Å². The predicted octanol–water partition coefficient (Wildman–Crippen LogP) is 2.47. The van der Waals surface area contributed by atoms with E-state index in [1.807, 2.05) is 12.3 Å². The zero-order chi connectivity index (χ0) is 21.5. The van der Waals surface area contributed by atoms with E-state index in [1.165, 1.54) is 12.1 Å². The molecule has 160 valence electrons. The highest BCUT2D eigenvalue weighted by Gasteiger charge is 2.37. The van der Waals surface area contributed by atoms with Crippen LogP contribution in [0.1, 0.15) is 24.0 Å². The summed E-state index contributed by atoms with van der Waals surface area (Å²) in [6.45, 7) is 3.97. The van der Waals surface area contributed by atoms with Gasteiger partial charge >= 0.3 is 0 Å². The van der Waals surface area contributed by atoms with Gasteiger partial charge in [-0.3, -0.25) is 9.69 Å². The highest BCUT2D eigenvalue weighted by molar-refractivity contribution is 6.03. The van der Waals surface area contributed by atoms with Gasteiger partial charge in [-0.05, 0) is 36.6 Å². The molecule has 0 radical (unpaired) electrons. The summed E-state index contributed by atoms with van der Waals surface area (Å²) in [5.41, 5.74) is 1.66. The molecule has 9 heteroatoms. The fourth-order valence-electron chi connectivity index (χ4n) is 4.69. The van der Waals surface area contributed by atoms with Crippen LogP contribution in [-0.4, -0.2) is 54.6 Å². The molecule has 2 aromatic rings. The summed E-state index contributed by atoms with van der Waals surface area (Å²) < 4.78 is 28.3. The van der Waals surface area contributed by atoms with E-state index in [2.05, 4.69) is 20.1 Å². The van der Waals surface area contributed by atoms with Crippen LogP contribution in [0.15, 0.2) is 24.4 Å². The Balaban J connectivity index is 1.25. The van der Waals surface area contributed by atoms with Crippen molar-refractivity contribution in [3.63, 3.8) is 0 Å². The van der Waals surface area contributed by atoms with Crippen LogP contribution in [-0.2, 0) is 11.3 Å². The maximum absolute atomic E-state index is 14.3. The second kappa shape index (κ2) is 7.78. The van der Waals surface area contributed by atoms with E-state index in [-0.39, 0.29) is 23.2 Å². The number of piperazine rings is 1. The van der Waals surface area contributed by atoms with Crippen molar-refractivity contribution in [2.24, 2.45) is 0 Å². The molecule has 7 nitrogen and oxygen atoms in total. The summed E-state index contributed by atoms with van der Waals surface area (Å²) in [6, 6.07) is 6.32. The molecular formula is C22H22F2N6O. The van der Waals surface area contributed by atoms with Crippen molar-refractivity contribution in [3.8, 4) is 6.07 Å². The molecule has 5 rings (SSSR count). The fraction of sp³-hybridized carbons (Fsp3) is 0.409. The predicted molar refractivity (Wildman–Crippen MR) is 112 cm³/mol. The van der Waals surface area contributed by atoms with Crippen molar-refractivity contribution < 1.29 is 13.6 Å². The van der Waals surface area contributed by atoms with Crippen molar-refractivity contribution in [2.75, 3.05) is 47.8 Å². The second-order valence-corrected chi connectivity index (χ2v) is 8.19. The number of hydrogen-bond acceptors (Lipinski definition) is 6. The Morgan fingerprint density at radius 2 is 1.97 bits per heavy atom. The van der Waals surface area contributed by atoms with Gasteiger partial charge in [-0.1, -0.05) is 0 Å². The van der Waals surface area contributed by atoms with Crippen LogP contribution in [0.25, 0.3) is 0 Å². The number of nitriles is 1. The van der Waals surface area contributed by atoms with Crippen molar-refractivity contribution in [2.45, 2.75) is 25.4 Å². The van der Waals surface area contributed by atoms with Gasteiger partial charge in [0.2, 0.25) is 5.91 Å². The van der Waals surface area contributed by atoms with Gasteiger partial charge in [-0.2, -0.15) is 5.26 Å². The molecule has 0 aliphatic carbocycles. The first-order chi connectivity index (χ1) is 15.0. The molecule has 0 saturated carbocycles. The molecule has 1 atom stereocenters. The Labute approximate surface area is 178 Å². The average Bonchev–Trinajstić information content (AvgIpc) is 3.27. The normalized spacial score (nSPS) is 20.8. The first kappa shape index (κ1) is 19.7. The number of benzene rings is 1. The number of amides is 1. The molecule has 3 aliphatic heterocycles. The van der Waals surface area contributed by atoms with Crippen molar-refractivity contribution in [1.29, 1.82) is 5.26 Å². The number of fused-ring (bicyclic) bond motifs is 3. The highest BCUT2D eigenvalue weighted by Crippen LogP contribution is 2.35. The Hall–Kier alpha value is -3.25. The van der Waals surface area contributed by atoms with Gasteiger partial charge in [0.15, 0.2) is 17.5 Å². The number of halogens is 2. The van der Waals surface area contributed by atoms with Crippen LogP contribution in [0.4, 0.5) is 26.0 Å². The maximum Gasteiger partial charge on any atom is 0.247 e. The number of carbonyl (C=O) groups excluding carboxylic acids is 1. The van der Waals surface area contributed by atoms with Crippen LogP contribution in [0, 0.1) is 23.0 Å². The monoisotopic (exact) mass is 424 g/mol. The third-order valence-corrected chi connectivity index (χ3v) is 6.31. The lowest BCUT2D eigenvalue weighted by molar-refractivity contribution is -0.117. The number of rotatable bonds is 3. The summed E-state index contributed by atoms with van der Waals surface area (Å²) >= 11 is 0. The lowest BCUT2D eigenvalue weighted by atomic mass is 10.1. The van der Waals surface area contributed by atoms with Crippen LogP contribution < -0.4 is 15.1 Å². The number of nitrogens with one attached hydrogen (secondary N) is 1. The topological polar surface area (TPSA) is 75.5 Å². The van der Waals surface area contributed by atoms with Crippen LogP contribution in [0.3, 0.4) is 0 Å². The maximum atomic E-state index is 14.3. The average molecular weight is 424 g/mol.